The van der Waals surface area contributed by atoms with Crippen LogP contribution in [0.3, 0.4) is 0 Å². The van der Waals surface area contributed by atoms with E-state index in [0.29, 0.717) is 22.6 Å². The van der Waals surface area contributed by atoms with E-state index in [2.05, 4.69) is 17.0 Å². The molecule has 1 aromatic heterocycles. The van der Waals surface area contributed by atoms with Gasteiger partial charge in [0.2, 0.25) is 5.91 Å². The topological polar surface area (TPSA) is 72.9 Å². The number of rotatable bonds is 6. The largest absolute Gasteiger partial charge is 0.435 e. The molecule has 1 amide bonds. The molecule has 0 spiro atoms. The fraction of sp³-hybridized carbons (Fsp3) is 0.167. The number of aromatic nitrogens is 2. The highest BCUT2D eigenvalue weighted by atomic mass is 19.4. The first-order chi connectivity index (χ1) is 15.1. The maximum Gasteiger partial charge on any atom is 0.435 e. The molecule has 2 aromatic carbocycles. The molecular weight excluding hydrogens is 417 g/mol. The van der Waals surface area contributed by atoms with Crippen molar-refractivity contribution in [1.29, 1.82) is 0 Å². The first kappa shape index (κ1) is 23.0. The molecule has 166 valence electrons. The molecule has 0 saturated carbocycles. The van der Waals surface area contributed by atoms with Crippen LogP contribution in [0.25, 0.3) is 22.5 Å². The van der Waals surface area contributed by atoms with E-state index < -0.39 is 11.9 Å². The Kier molecular flexibility index (Phi) is 6.64. The van der Waals surface area contributed by atoms with Crippen LogP contribution in [-0.4, -0.2) is 22.2 Å². The molecule has 0 saturated heterocycles. The van der Waals surface area contributed by atoms with E-state index >= 15 is 0 Å². The van der Waals surface area contributed by atoms with Crippen molar-refractivity contribution in [2.24, 2.45) is 5.73 Å². The number of allylic oxidation sites excluding steroid dienone is 3. The number of halogens is 3. The van der Waals surface area contributed by atoms with Gasteiger partial charge in [-0.05, 0) is 66.9 Å². The first-order valence-corrected chi connectivity index (χ1v) is 9.82. The molecule has 3 aromatic rings. The van der Waals surface area contributed by atoms with Crippen molar-refractivity contribution in [2.45, 2.75) is 20.0 Å². The van der Waals surface area contributed by atoms with Crippen LogP contribution in [0.2, 0.25) is 0 Å². The van der Waals surface area contributed by atoms with Crippen LogP contribution in [0.4, 0.5) is 18.9 Å². The molecule has 0 unspecified atom stereocenters. The van der Waals surface area contributed by atoms with Crippen LogP contribution in [0.1, 0.15) is 23.7 Å². The SMILES string of the molecule is C=C/C=C(\C)c1ccc(-c2cc(C(F)(F)F)nn2-c2ccc(NC(=O)CN)cc2)cc1C. The summed E-state index contributed by atoms with van der Waals surface area (Å²) < 4.78 is 41.6. The molecule has 5 nitrogen and oxygen atoms in total. The molecular formula is C24H23F3N4O. The smallest absolute Gasteiger partial charge is 0.325 e. The van der Waals surface area contributed by atoms with Crippen LogP contribution in [-0.2, 0) is 11.0 Å². The van der Waals surface area contributed by atoms with Crippen molar-refractivity contribution in [2.75, 3.05) is 11.9 Å². The third-order valence-electron chi connectivity index (χ3n) is 4.90. The fourth-order valence-electron chi connectivity index (χ4n) is 3.35. The fourth-order valence-corrected chi connectivity index (χ4v) is 3.35. The number of carbonyl (C=O) groups is 1. The lowest BCUT2D eigenvalue weighted by molar-refractivity contribution is -0.141. The minimum Gasteiger partial charge on any atom is -0.325 e. The minimum atomic E-state index is -4.59. The summed E-state index contributed by atoms with van der Waals surface area (Å²) in [5.41, 5.74) is 9.01. The van der Waals surface area contributed by atoms with Gasteiger partial charge in [-0.15, -0.1) is 0 Å². The minimum absolute atomic E-state index is 0.170. The van der Waals surface area contributed by atoms with Crippen molar-refractivity contribution in [1.82, 2.24) is 9.78 Å². The lowest BCUT2D eigenvalue weighted by Gasteiger charge is -2.12. The van der Waals surface area contributed by atoms with E-state index in [1.54, 1.807) is 36.4 Å². The Balaban J connectivity index is 2.08. The third kappa shape index (κ3) is 4.97. The number of hydrogen-bond donors (Lipinski definition) is 2. The Morgan fingerprint density at radius 2 is 1.88 bits per heavy atom. The van der Waals surface area contributed by atoms with Gasteiger partial charge in [0.05, 0.1) is 17.9 Å². The Morgan fingerprint density at radius 3 is 2.44 bits per heavy atom. The maximum atomic E-state index is 13.4. The predicted octanol–water partition coefficient (Wildman–Crippen LogP) is 5.35. The van der Waals surface area contributed by atoms with Gasteiger partial charge in [0.1, 0.15) is 0 Å². The second-order valence-electron chi connectivity index (χ2n) is 7.24. The van der Waals surface area contributed by atoms with Crippen molar-refractivity contribution in [3.8, 4) is 16.9 Å². The van der Waals surface area contributed by atoms with Gasteiger partial charge < -0.3 is 11.1 Å². The van der Waals surface area contributed by atoms with Crippen LogP contribution < -0.4 is 11.1 Å². The Bertz CT molecular complexity index is 1170. The quantitative estimate of drug-likeness (QED) is 0.508. The Labute approximate surface area is 184 Å². The van der Waals surface area contributed by atoms with Crippen LogP contribution in [0, 0.1) is 6.92 Å². The molecule has 0 aliphatic rings. The zero-order valence-electron chi connectivity index (χ0n) is 17.7. The van der Waals surface area contributed by atoms with Gasteiger partial charge in [-0.1, -0.05) is 30.9 Å². The maximum absolute atomic E-state index is 13.4. The molecule has 3 N–H and O–H groups in total. The summed E-state index contributed by atoms with van der Waals surface area (Å²) in [7, 11) is 0. The number of amides is 1. The molecule has 0 aliphatic heterocycles. The molecule has 3 rings (SSSR count). The molecule has 0 bridgehead atoms. The van der Waals surface area contributed by atoms with Gasteiger partial charge in [0.15, 0.2) is 5.69 Å². The lowest BCUT2D eigenvalue weighted by atomic mass is 9.98. The van der Waals surface area contributed by atoms with Gasteiger partial charge in [0, 0.05) is 11.3 Å². The number of nitrogens with zero attached hydrogens (tertiary/aromatic N) is 2. The van der Waals surface area contributed by atoms with E-state index in [0.717, 1.165) is 22.8 Å². The molecule has 0 fully saturated rings. The van der Waals surface area contributed by atoms with Crippen LogP contribution >= 0.6 is 0 Å². The van der Waals surface area contributed by atoms with Crippen LogP contribution in [0.5, 0.6) is 0 Å². The van der Waals surface area contributed by atoms with E-state index in [1.165, 1.54) is 4.68 Å². The summed E-state index contributed by atoms with van der Waals surface area (Å²) in [5, 5.41) is 6.41. The molecule has 0 atom stereocenters. The normalized spacial score (nSPS) is 12.0. The Morgan fingerprint density at radius 1 is 1.19 bits per heavy atom. The zero-order valence-corrected chi connectivity index (χ0v) is 17.7. The van der Waals surface area contributed by atoms with Gasteiger partial charge >= 0.3 is 6.18 Å². The first-order valence-electron chi connectivity index (χ1n) is 9.82. The second-order valence-corrected chi connectivity index (χ2v) is 7.24. The standard InChI is InChI=1S/C24H23F3N4O/c1-4-5-15(2)20-11-6-17(12-16(20)3)21-13-22(24(25,26)27)30-31(21)19-9-7-18(8-10-19)29-23(32)14-28/h4-13H,1,14,28H2,2-3H3,(H,29,32)/b15-5+. The van der Waals surface area contributed by atoms with Crippen molar-refractivity contribution >= 4 is 17.2 Å². The van der Waals surface area contributed by atoms with Crippen molar-refractivity contribution < 1.29 is 18.0 Å². The second kappa shape index (κ2) is 9.23. The van der Waals surface area contributed by atoms with Crippen LogP contribution in [0.15, 0.2) is 67.3 Å². The highest BCUT2D eigenvalue weighted by Gasteiger charge is 2.35. The summed E-state index contributed by atoms with van der Waals surface area (Å²) in [6.07, 6.45) is -1.03. The highest BCUT2D eigenvalue weighted by Crippen LogP contribution is 2.34. The van der Waals surface area contributed by atoms with Gasteiger partial charge in [0.25, 0.3) is 0 Å². The summed E-state index contributed by atoms with van der Waals surface area (Å²) >= 11 is 0. The number of nitrogens with one attached hydrogen (secondary N) is 1. The summed E-state index contributed by atoms with van der Waals surface area (Å²) in [6, 6.07) is 12.8. The highest BCUT2D eigenvalue weighted by molar-refractivity contribution is 5.92. The molecule has 32 heavy (non-hydrogen) atoms. The number of nitrogens with two attached hydrogens (primary N) is 1. The van der Waals surface area contributed by atoms with Crippen molar-refractivity contribution in [3.63, 3.8) is 0 Å². The third-order valence-corrected chi connectivity index (χ3v) is 4.90. The van der Waals surface area contributed by atoms with E-state index in [-0.39, 0.29) is 12.5 Å². The number of aryl methyl sites for hydroxylation is 1. The van der Waals surface area contributed by atoms with E-state index in [1.807, 2.05) is 32.1 Å². The number of benzene rings is 2. The number of alkyl halides is 3. The monoisotopic (exact) mass is 440 g/mol. The van der Waals surface area contributed by atoms with Crippen molar-refractivity contribution in [3.05, 3.63) is 84.1 Å². The zero-order chi connectivity index (χ0) is 23.5. The molecule has 0 radical (unpaired) electrons. The lowest BCUT2D eigenvalue weighted by Crippen LogP contribution is -2.21. The Hall–Kier alpha value is -3.65. The number of hydrogen-bond acceptors (Lipinski definition) is 3. The molecule has 8 heteroatoms. The molecule has 0 aliphatic carbocycles. The average Bonchev–Trinajstić information content (AvgIpc) is 3.20. The van der Waals surface area contributed by atoms with Gasteiger partial charge in [-0.25, -0.2) is 4.68 Å². The van der Waals surface area contributed by atoms with Gasteiger partial charge in [-0.3, -0.25) is 4.79 Å². The predicted molar refractivity (Wildman–Crippen MR) is 120 cm³/mol. The summed E-state index contributed by atoms with van der Waals surface area (Å²) in [4.78, 5) is 11.4. The summed E-state index contributed by atoms with van der Waals surface area (Å²) in [5.74, 6) is -0.367. The number of carbonyl (C=O) groups excluding carboxylic acids is 1. The van der Waals surface area contributed by atoms with E-state index in [9.17, 15) is 18.0 Å². The molecule has 1 heterocycles. The van der Waals surface area contributed by atoms with Gasteiger partial charge in [-0.2, -0.15) is 18.3 Å². The average molecular weight is 440 g/mol. The number of anilines is 1. The van der Waals surface area contributed by atoms with E-state index in [4.69, 9.17) is 5.73 Å². The summed E-state index contributed by atoms with van der Waals surface area (Å²) in [6.45, 7) is 7.37.